The van der Waals surface area contributed by atoms with E-state index in [1.807, 2.05) is 18.2 Å². The van der Waals surface area contributed by atoms with Crippen molar-refractivity contribution < 1.29 is 15.0 Å². The van der Waals surface area contributed by atoms with Crippen LogP contribution in [0.2, 0.25) is 0 Å². The number of hydrogen-bond acceptors (Lipinski definition) is 2. The summed E-state index contributed by atoms with van der Waals surface area (Å²) in [6.45, 7) is 1.08. The van der Waals surface area contributed by atoms with Gasteiger partial charge >= 0.3 is 0 Å². The molecule has 1 aromatic carbocycles. The molecule has 0 fully saturated rings. The maximum atomic E-state index is 9.08. The smallest absolute Gasteiger partial charge is 0.300 e. The molecule has 0 spiro atoms. The molecule has 72 valence electrons. The van der Waals surface area contributed by atoms with Crippen LogP contribution in [0.15, 0.2) is 24.3 Å². The zero-order chi connectivity index (χ0) is 10.3. The Bertz CT molecular complexity index is 269. The molecular weight excluding hydrogens is 236 g/mol. The largest absolute Gasteiger partial charge is 0.508 e. The Morgan fingerprint density at radius 1 is 1.46 bits per heavy atom. The summed E-state index contributed by atoms with van der Waals surface area (Å²) in [5.74, 6) is -0.477. The molecule has 2 N–H and O–H groups in total. The van der Waals surface area contributed by atoms with Gasteiger partial charge in [0.25, 0.3) is 5.97 Å². The summed E-state index contributed by atoms with van der Waals surface area (Å²) in [4.78, 5) is 9.00. The lowest BCUT2D eigenvalue weighted by Crippen LogP contribution is -1.78. The molecule has 0 aliphatic heterocycles. The second-order valence-electron chi connectivity index (χ2n) is 2.28. The molecular formula is C9H11BrO3. The zero-order valence-electron chi connectivity index (χ0n) is 7.20. The highest BCUT2D eigenvalue weighted by atomic mass is 79.9. The van der Waals surface area contributed by atoms with Crippen molar-refractivity contribution in [3.05, 3.63) is 29.8 Å². The third-order valence-electron chi connectivity index (χ3n) is 1.14. The average Bonchev–Trinajstić information content (AvgIpc) is 2.04. The van der Waals surface area contributed by atoms with Gasteiger partial charge in [-0.2, -0.15) is 0 Å². The number of aromatic hydroxyl groups is 1. The van der Waals surface area contributed by atoms with E-state index in [1.165, 1.54) is 0 Å². The van der Waals surface area contributed by atoms with E-state index >= 15 is 0 Å². The summed E-state index contributed by atoms with van der Waals surface area (Å²) in [6, 6.07) is 7.26. The highest BCUT2D eigenvalue weighted by molar-refractivity contribution is 9.08. The standard InChI is InChI=1S/C7H7BrO.C2H4O2/c8-5-6-3-1-2-4-7(6)9;1-2(3)4/h1-4,9H,5H2;1H3,(H,3,4). The fourth-order valence-electron chi connectivity index (χ4n) is 0.624. The summed E-state index contributed by atoms with van der Waals surface area (Å²) < 4.78 is 0. The van der Waals surface area contributed by atoms with E-state index in [0.717, 1.165) is 12.5 Å². The molecule has 3 nitrogen and oxygen atoms in total. The second kappa shape index (κ2) is 6.48. The van der Waals surface area contributed by atoms with E-state index in [9.17, 15) is 0 Å². The normalized spacial score (nSPS) is 8.46. The lowest BCUT2D eigenvalue weighted by Gasteiger charge is -1.96. The second-order valence-corrected chi connectivity index (χ2v) is 2.84. The fourth-order valence-corrected chi connectivity index (χ4v) is 1.10. The van der Waals surface area contributed by atoms with E-state index in [4.69, 9.17) is 15.0 Å². The van der Waals surface area contributed by atoms with Crippen LogP contribution < -0.4 is 0 Å². The molecule has 13 heavy (non-hydrogen) atoms. The molecule has 0 aliphatic rings. The quantitative estimate of drug-likeness (QED) is 0.749. The summed E-state index contributed by atoms with van der Waals surface area (Å²) >= 11 is 3.25. The molecule has 0 saturated carbocycles. The first-order chi connectivity index (χ1) is 6.07. The van der Waals surface area contributed by atoms with Crippen molar-refractivity contribution in [3.63, 3.8) is 0 Å². The van der Waals surface area contributed by atoms with Crippen LogP contribution in [0.25, 0.3) is 0 Å². The van der Waals surface area contributed by atoms with E-state index < -0.39 is 5.97 Å². The van der Waals surface area contributed by atoms with Gasteiger partial charge in [-0.05, 0) is 6.07 Å². The predicted molar refractivity (Wildman–Crippen MR) is 54.0 cm³/mol. The van der Waals surface area contributed by atoms with Crippen molar-refractivity contribution in [2.45, 2.75) is 12.3 Å². The summed E-state index contributed by atoms with van der Waals surface area (Å²) in [6.07, 6.45) is 0. The molecule has 0 bridgehead atoms. The minimum absolute atomic E-state index is 0.356. The number of carboxylic acid groups (broad SMARTS) is 1. The van der Waals surface area contributed by atoms with Crippen LogP contribution in [0.4, 0.5) is 0 Å². The Morgan fingerprint density at radius 3 is 2.23 bits per heavy atom. The molecule has 0 aromatic heterocycles. The molecule has 4 heteroatoms. The van der Waals surface area contributed by atoms with Gasteiger partial charge in [0.15, 0.2) is 0 Å². The number of alkyl halides is 1. The van der Waals surface area contributed by atoms with Crippen LogP contribution in [-0.4, -0.2) is 16.2 Å². The van der Waals surface area contributed by atoms with Gasteiger partial charge in [-0.25, -0.2) is 0 Å². The number of halogens is 1. The number of phenols is 1. The van der Waals surface area contributed by atoms with Gasteiger partial charge in [-0.3, -0.25) is 4.79 Å². The molecule has 0 radical (unpaired) electrons. The maximum Gasteiger partial charge on any atom is 0.300 e. The summed E-state index contributed by atoms with van der Waals surface area (Å²) in [5, 5.41) is 17.2. The van der Waals surface area contributed by atoms with Crippen molar-refractivity contribution in [2.24, 2.45) is 0 Å². The number of rotatable bonds is 1. The summed E-state index contributed by atoms with van der Waals surface area (Å²) in [5.41, 5.74) is 0.928. The van der Waals surface area contributed by atoms with Crippen molar-refractivity contribution >= 4 is 21.9 Å². The van der Waals surface area contributed by atoms with Crippen LogP contribution >= 0.6 is 15.9 Å². The van der Waals surface area contributed by atoms with Crippen molar-refractivity contribution in [1.29, 1.82) is 0 Å². The third-order valence-corrected chi connectivity index (χ3v) is 1.74. The van der Waals surface area contributed by atoms with Crippen LogP contribution in [0.1, 0.15) is 12.5 Å². The Morgan fingerprint density at radius 2 is 1.92 bits per heavy atom. The van der Waals surface area contributed by atoms with Crippen molar-refractivity contribution in [2.75, 3.05) is 0 Å². The number of carboxylic acids is 1. The van der Waals surface area contributed by atoms with Crippen LogP contribution in [0.3, 0.4) is 0 Å². The number of hydrogen-bond donors (Lipinski definition) is 2. The van der Waals surface area contributed by atoms with Crippen LogP contribution in [0, 0.1) is 0 Å². The molecule has 0 aliphatic carbocycles. The topological polar surface area (TPSA) is 57.5 Å². The van der Waals surface area contributed by atoms with Crippen molar-refractivity contribution in [3.8, 4) is 5.75 Å². The number of phenolic OH excluding ortho intramolecular Hbond substituents is 1. The van der Waals surface area contributed by atoms with E-state index in [0.29, 0.717) is 11.1 Å². The van der Waals surface area contributed by atoms with E-state index in [-0.39, 0.29) is 0 Å². The predicted octanol–water partition coefficient (Wildman–Crippen LogP) is 2.38. The number of carbonyl (C=O) groups is 1. The highest BCUT2D eigenvalue weighted by Gasteiger charge is 1.93. The first-order valence-corrected chi connectivity index (χ1v) is 4.72. The van der Waals surface area contributed by atoms with Gasteiger partial charge in [-0.1, -0.05) is 34.1 Å². The Hall–Kier alpha value is -1.03. The Kier molecular flexibility index (Phi) is 5.97. The minimum atomic E-state index is -0.833. The van der Waals surface area contributed by atoms with Gasteiger partial charge < -0.3 is 10.2 Å². The number of para-hydroxylation sites is 1. The van der Waals surface area contributed by atoms with Gasteiger partial charge in [0, 0.05) is 17.8 Å². The zero-order valence-corrected chi connectivity index (χ0v) is 8.78. The minimum Gasteiger partial charge on any atom is -0.508 e. The first-order valence-electron chi connectivity index (χ1n) is 3.60. The third kappa shape index (κ3) is 6.16. The van der Waals surface area contributed by atoms with E-state index in [1.54, 1.807) is 6.07 Å². The molecule has 1 rings (SSSR count). The molecule has 0 amide bonds. The monoisotopic (exact) mass is 246 g/mol. The average molecular weight is 247 g/mol. The van der Waals surface area contributed by atoms with Crippen LogP contribution in [-0.2, 0) is 10.1 Å². The van der Waals surface area contributed by atoms with Crippen LogP contribution in [0.5, 0.6) is 5.75 Å². The molecule has 0 unspecified atom stereocenters. The fraction of sp³-hybridized carbons (Fsp3) is 0.222. The number of benzene rings is 1. The Balaban J connectivity index is 0.000000310. The SMILES string of the molecule is CC(=O)O.Oc1ccccc1CBr. The van der Waals surface area contributed by atoms with Gasteiger partial charge in [0.05, 0.1) is 0 Å². The lowest BCUT2D eigenvalue weighted by atomic mass is 10.2. The molecule has 1 aromatic rings. The highest BCUT2D eigenvalue weighted by Crippen LogP contribution is 2.17. The lowest BCUT2D eigenvalue weighted by molar-refractivity contribution is -0.134. The maximum absolute atomic E-state index is 9.08. The molecule has 0 atom stereocenters. The summed E-state index contributed by atoms with van der Waals surface area (Å²) in [7, 11) is 0. The van der Waals surface area contributed by atoms with Gasteiger partial charge in [0.2, 0.25) is 0 Å². The molecule has 0 saturated heterocycles. The Labute approximate surface area is 85.1 Å². The molecule has 0 heterocycles. The van der Waals surface area contributed by atoms with Gasteiger partial charge in [0.1, 0.15) is 5.75 Å². The van der Waals surface area contributed by atoms with Gasteiger partial charge in [-0.15, -0.1) is 0 Å². The first kappa shape index (κ1) is 12.0. The number of aliphatic carboxylic acids is 1. The van der Waals surface area contributed by atoms with Crippen molar-refractivity contribution in [1.82, 2.24) is 0 Å². The van der Waals surface area contributed by atoms with E-state index in [2.05, 4.69) is 15.9 Å².